The summed E-state index contributed by atoms with van der Waals surface area (Å²) in [7, 11) is 0.639. The van der Waals surface area contributed by atoms with Crippen molar-refractivity contribution in [3.63, 3.8) is 0 Å². The van der Waals surface area contributed by atoms with E-state index in [1.165, 1.54) is 0 Å². The Hall–Kier alpha value is -0.660. The van der Waals surface area contributed by atoms with E-state index in [0.29, 0.717) is 6.07 Å². The molecule has 0 aromatic carbocycles. The van der Waals surface area contributed by atoms with Crippen molar-refractivity contribution in [2.24, 2.45) is 0 Å². The molecular weight excluding hydrogens is 275 g/mol. The molecule has 0 aliphatic heterocycles. The van der Waals surface area contributed by atoms with Crippen molar-refractivity contribution in [3.8, 4) is 0 Å². The zero-order chi connectivity index (χ0) is 11.8. The molecule has 1 aromatic rings. The number of halogens is 4. The third-order valence-electron chi connectivity index (χ3n) is 1.47. The van der Waals surface area contributed by atoms with Gasteiger partial charge >= 0.3 is 0 Å². The van der Waals surface area contributed by atoms with Crippen LogP contribution in [0.4, 0.5) is 8.78 Å². The lowest BCUT2D eigenvalue weighted by atomic mass is 10.3. The molecule has 0 spiro atoms. The summed E-state index contributed by atoms with van der Waals surface area (Å²) in [5, 5.41) is -1.35. The van der Waals surface area contributed by atoms with Gasteiger partial charge in [0.05, 0.1) is 10.6 Å². The average molecular weight is 278 g/mol. The molecule has 0 amide bonds. The molecule has 15 heavy (non-hydrogen) atoms. The van der Waals surface area contributed by atoms with Crippen LogP contribution in [0.5, 0.6) is 0 Å². The van der Waals surface area contributed by atoms with E-state index in [0.717, 1.165) is 0 Å². The first-order chi connectivity index (χ1) is 6.73. The number of alkyl halides is 2. The highest BCUT2D eigenvalue weighted by atomic mass is 35.7. The molecule has 84 valence electrons. The van der Waals surface area contributed by atoms with Gasteiger partial charge in [0.15, 0.2) is 5.03 Å². The highest BCUT2D eigenvalue weighted by Crippen LogP contribution is 2.24. The summed E-state index contributed by atoms with van der Waals surface area (Å²) >= 11 is 5.36. The molecule has 1 N–H and O–H groups in total. The highest BCUT2D eigenvalue weighted by Gasteiger charge is 2.21. The Morgan fingerprint density at radius 3 is 2.33 bits per heavy atom. The molecule has 1 heterocycles. The summed E-state index contributed by atoms with van der Waals surface area (Å²) in [4.78, 5) is 12.6. The second-order valence-electron chi connectivity index (χ2n) is 2.47. The quantitative estimate of drug-likeness (QED) is 0.840. The van der Waals surface area contributed by atoms with Gasteiger partial charge in [-0.3, -0.25) is 4.79 Å². The van der Waals surface area contributed by atoms with Gasteiger partial charge in [0.1, 0.15) is 0 Å². The SMILES string of the molecule is O=c1[nH]c(S(=O)(=O)Cl)c(Cl)cc1C(F)F. The van der Waals surface area contributed by atoms with Crippen LogP contribution < -0.4 is 5.56 Å². The van der Waals surface area contributed by atoms with Gasteiger partial charge in [-0.25, -0.2) is 17.2 Å². The normalized spacial score (nSPS) is 12.1. The Balaban J connectivity index is 3.53. The molecule has 0 bridgehead atoms. The van der Waals surface area contributed by atoms with E-state index in [1.54, 1.807) is 4.98 Å². The Kier molecular flexibility index (Phi) is 3.37. The van der Waals surface area contributed by atoms with Crippen LogP contribution in [0.3, 0.4) is 0 Å². The molecule has 0 aliphatic rings. The smallest absolute Gasteiger partial charge is 0.278 e. The fourth-order valence-electron chi connectivity index (χ4n) is 0.842. The van der Waals surface area contributed by atoms with Crippen LogP contribution in [-0.4, -0.2) is 13.4 Å². The number of hydrogen-bond donors (Lipinski definition) is 1. The summed E-state index contributed by atoms with van der Waals surface area (Å²) in [5.74, 6) is 0. The molecule has 0 saturated heterocycles. The van der Waals surface area contributed by atoms with E-state index in [4.69, 9.17) is 22.3 Å². The maximum Gasteiger partial charge on any atom is 0.278 e. The lowest BCUT2D eigenvalue weighted by Crippen LogP contribution is -2.16. The number of nitrogens with one attached hydrogen (secondary N) is 1. The van der Waals surface area contributed by atoms with Gasteiger partial charge in [-0.2, -0.15) is 0 Å². The summed E-state index contributed by atoms with van der Waals surface area (Å²) in [6.45, 7) is 0. The first kappa shape index (κ1) is 12.4. The van der Waals surface area contributed by atoms with E-state index in [2.05, 4.69) is 0 Å². The largest absolute Gasteiger partial charge is 0.310 e. The lowest BCUT2D eigenvalue weighted by molar-refractivity contribution is 0.149. The van der Waals surface area contributed by atoms with E-state index >= 15 is 0 Å². The third kappa shape index (κ3) is 2.67. The second-order valence-corrected chi connectivity index (χ2v) is 5.38. The first-order valence-electron chi connectivity index (χ1n) is 3.39. The predicted molar refractivity (Wildman–Crippen MR) is 50.1 cm³/mol. The predicted octanol–water partition coefficient (Wildman–Crippen LogP) is 1.89. The lowest BCUT2D eigenvalue weighted by Gasteiger charge is -2.02. The number of pyridine rings is 1. The maximum atomic E-state index is 12.2. The first-order valence-corrected chi connectivity index (χ1v) is 6.07. The molecule has 0 aliphatic carbocycles. The topological polar surface area (TPSA) is 67.0 Å². The van der Waals surface area contributed by atoms with Gasteiger partial charge in [0.25, 0.3) is 21.0 Å². The van der Waals surface area contributed by atoms with Crippen LogP contribution >= 0.6 is 22.3 Å². The van der Waals surface area contributed by atoms with Crippen LogP contribution in [-0.2, 0) is 9.05 Å². The standard InChI is InChI=1S/C6H3Cl2F2NO3S/c7-3-1-2(4(9)10)5(12)11-6(3)15(8,13)14/h1,4H,(H,11,12). The zero-order valence-electron chi connectivity index (χ0n) is 6.80. The molecule has 1 rings (SSSR count). The van der Waals surface area contributed by atoms with Crippen molar-refractivity contribution in [2.75, 3.05) is 0 Å². The summed E-state index contributed by atoms with van der Waals surface area (Å²) in [6, 6.07) is 0.570. The Morgan fingerprint density at radius 2 is 1.93 bits per heavy atom. The van der Waals surface area contributed by atoms with Crippen molar-refractivity contribution in [3.05, 3.63) is 27.0 Å². The number of aromatic amines is 1. The minimum Gasteiger partial charge on any atom is -0.310 e. The Labute approximate surface area is 92.2 Å². The van der Waals surface area contributed by atoms with Crippen molar-refractivity contribution < 1.29 is 17.2 Å². The molecule has 1 aromatic heterocycles. The molecule has 0 saturated carbocycles. The van der Waals surface area contributed by atoms with Crippen molar-refractivity contribution in [1.82, 2.24) is 4.98 Å². The molecule has 0 atom stereocenters. The maximum absolute atomic E-state index is 12.2. The van der Waals surface area contributed by atoms with Gasteiger partial charge in [-0.15, -0.1) is 0 Å². The molecule has 9 heteroatoms. The Morgan fingerprint density at radius 1 is 1.40 bits per heavy atom. The summed E-state index contributed by atoms with van der Waals surface area (Å²) < 4.78 is 46.0. The highest BCUT2D eigenvalue weighted by molar-refractivity contribution is 8.13. The van der Waals surface area contributed by atoms with Crippen LogP contribution in [0.15, 0.2) is 15.9 Å². The van der Waals surface area contributed by atoms with E-state index in [-0.39, 0.29) is 0 Å². The van der Waals surface area contributed by atoms with Gasteiger partial charge in [-0.05, 0) is 6.07 Å². The fourth-order valence-corrected chi connectivity index (χ4v) is 2.30. The van der Waals surface area contributed by atoms with Crippen LogP contribution in [0.1, 0.15) is 12.0 Å². The van der Waals surface area contributed by atoms with Gasteiger partial charge in [0.2, 0.25) is 0 Å². The number of aromatic nitrogens is 1. The Bertz CT molecular complexity index is 540. The zero-order valence-corrected chi connectivity index (χ0v) is 9.13. The van der Waals surface area contributed by atoms with Gasteiger partial charge in [0, 0.05) is 10.7 Å². The minimum atomic E-state index is -4.26. The molecule has 0 unspecified atom stereocenters. The van der Waals surface area contributed by atoms with E-state index < -0.39 is 36.6 Å². The van der Waals surface area contributed by atoms with E-state index in [9.17, 15) is 22.0 Å². The summed E-state index contributed by atoms with van der Waals surface area (Å²) in [5.41, 5.74) is -2.15. The van der Waals surface area contributed by atoms with Crippen molar-refractivity contribution >= 4 is 31.3 Å². The van der Waals surface area contributed by atoms with Crippen molar-refractivity contribution in [2.45, 2.75) is 11.5 Å². The molecular formula is C6H3Cl2F2NO3S. The molecule has 4 nitrogen and oxygen atoms in total. The monoisotopic (exact) mass is 277 g/mol. The third-order valence-corrected chi connectivity index (χ3v) is 3.15. The summed E-state index contributed by atoms with van der Waals surface area (Å²) in [6.07, 6.45) is -3.04. The number of rotatable bonds is 2. The van der Waals surface area contributed by atoms with Gasteiger partial charge in [-0.1, -0.05) is 11.6 Å². The van der Waals surface area contributed by atoms with Crippen LogP contribution in [0, 0.1) is 0 Å². The average Bonchev–Trinajstić information content (AvgIpc) is 2.06. The van der Waals surface area contributed by atoms with Crippen LogP contribution in [0.25, 0.3) is 0 Å². The second kappa shape index (κ2) is 4.07. The van der Waals surface area contributed by atoms with Crippen LogP contribution in [0.2, 0.25) is 5.02 Å². The fraction of sp³-hybridized carbons (Fsp3) is 0.167. The number of hydrogen-bond acceptors (Lipinski definition) is 3. The minimum absolute atomic E-state index is 0.556. The van der Waals surface area contributed by atoms with Crippen molar-refractivity contribution in [1.29, 1.82) is 0 Å². The van der Waals surface area contributed by atoms with E-state index in [1.807, 2.05) is 0 Å². The molecule has 0 radical (unpaired) electrons. The number of H-pyrrole nitrogens is 1. The van der Waals surface area contributed by atoms with Gasteiger partial charge < -0.3 is 4.98 Å². The molecule has 0 fully saturated rings.